The van der Waals surface area contributed by atoms with Crippen molar-refractivity contribution in [2.24, 2.45) is 0 Å². The van der Waals surface area contributed by atoms with E-state index < -0.39 is 18.0 Å². The molecule has 0 radical (unpaired) electrons. The van der Waals surface area contributed by atoms with Gasteiger partial charge in [-0.1, -0.05) is 42.5 Å². The maximum Gasteiger partial charge on any atom is 0.328 e. The lowest BCUT2D eigenvalue weighted by Gasteiger charge is -2.19. The number of nitrogens with one attached hydrogen (secondary N) is 1. The Kier molecular flexibility index (Phi) is 6.85. The summed E-state index contributed by atoms with van der Waals surface area (Å²) in [6, 6.07) is 17.9. The summed E-state index contributed by atoms with van der Waals surface area (Å²) in [6.07, 6.45) is -1.11. The van der Waals surface area contributed by atoms with E-state index in [1.54, 1.807) is 47.1 Å². The number of esters is 1. The third kappa shape index (κ3) is 5.26. The minimum absolute atomic E-state index is 0.0776. The average Bonchev–Trinajstić information content (AvgIpc) is 3.05. The van der Waals surface area contributed by atoms with Crippen molar-refractivity contribution in [3.63, 3.8) is 0 Å². The van der Waals surface area contributed by atoms with Crippen molar-refractivity contribution >= 4 is 17.6 Å². The molecule has 3 aromatic rings. The molecule has 1 aromatic heterocycles. The van der Waals surface area contributed by atoms with E-state index in [9.17, 15) is 9.59 Å². The van der Waals surface area contributed by atoms with Crippen LogP contribution in [0.15, 0.2) is 60.7 Å². The summed E-state index contributed by atoms with van der Waals surface area (Å²) in [5.74, 6) is -0.465. The van der Waals surface area contributed by atoms with Crippen LogP contribution in [0.1, 0.15) is 30.0 Å². The highest BCUT2D eigenvalue weighted by Gasteiger charge is 2.26. The van der Waals surface area contributed by atoms with Crippen molar-refractivity contribution in [1.29, 1.82) is 0 Å². The third-order valence-corrected chi connectivity index (χ3v) is 4.42. The zero-order chi connectivity index (χ0) is 21.5. The number of hydrogen-bond acceptors (Lipinski definition) is 5. The van der Waals surface area contributed by atoms with Crippen LogP contribution in [0.5, 0.6) is 5.75 Å². The highest BCUT2D eigenvalue weighted by atomic mass is 16.5. The van der Waals surface area contributed by atoms with Crippen molar-refractivity contribution in [2.75, 3.05) is 11.9 Å². The number of carbonyl (C=O) groups is 2. The van der Waals surface area contributed by atoms with Gasteiger partial charge < -0.3 is 14.8 Å². The molecule has 3 rings (SSSR count). The predicted octanol–water partition coefficient (Wildman–Crippen LogP) is 3.82. The fraction of sp³-hybridized carbons (Fsp3) is 0.261. The van der Waals surface area contributed by atoms with E-state index in [-0.39, 0.29) is 6.54 Å². The largest absolute Gasteiger partial charge is 0.492 e. The molecular formula is C23H25N3O4. The number of para-hydroxylation sites is 2. The molecule has 30 heavy (non-hydrogen) atoms. The number of carbonyl (C=O) groups excluding carboxylic acids is 2. The molecule has 0 saturated heterocycles. The van der Waals surface area contributed by atoms with E-state index in [4.69, 9.17) is 9.47 Å². The van der Waals surface area contributed by atoms with Crippen LogP contribution in [0.2, 0.25) is 0 Å². The monoisotopic (exact) mass is 407 g/mol. The van der Waals surface area contributed by atoms with E-state index >= 15 is 0 Å². The van der Waals surface area contributed by atoms with E-state index in [0.29, 0.717) is 23.6 Å². The van der Waals surface area contributed by atoms with Crippen LogP contribution in [0.25, 0.3) is 0 Å². The first-order valence-corrected chi connectivity index (χ1v) is 9.76. The number of nitrogens with zero attached hydrogens (tertiary/aromatic N) is 2. The summed E-state index contributed by atoms with van der Waals surface area (Å²) < 4.78 is 12.7. The van der Waals surface area contributed by atoms with Crippen LogP contribution < -0.4 is 10.1 Å². The molecular weight excluding hydrogens is 382 g/mol. The topological polar surface area (TPSA) is 82.5 Å². The second kappa shape index (κ2) is 9.73. The third-order valence-electron chi connectivity index (χ3n) is 4.42. The van der Waals surface area contributed by atoms with Crippen LogP contribution in [0.3, 0.4) is 0 Å². The predicted molar refractivity (Wildman–Crippen MR) is 113 cm³/mol. The molecule has 0 saturated carbocycles. The summed E-state index contributed by atoms with van der Waals surface area (Å²) in [4.78, 5) is 25.7. The molecule has 0 aliphatic carbocycles. The molecule has 7 heteroatoms. The van der Waals surface area contributed by atoms with E-state index in [0.717, 1.165) is 11.4 Å². The minimum Gasteiger partial charge on any atom is -0.492 e. The van der Waals surface area contributed by atoms with Gasteiger partial charge in [-0.2, -0.15) is 5.10 Å². The zero-order valence-electron chi connectivity index (χ0n) is 17.3. The van der Waals surface area contributed by atoms with E-state index in [1.165, 1.54) is 0 Å². The summed E-state index contributed by atoms with van der Waals surface area (Å²) in [5, 5.41) is 7.09. The quantitative estimate of drug-likeness (QED) is 0.574. The SMILES string of the molecule is CCOc1ccccc1NC(=O)C(OC(=O)Cn1nc(C)cc1C)c1ccccc1. The lowest BCUT2D eigenvalue weighted by atomic mass is 10.1. The molecule has 1 N–H and O–H groups in total. The Hall–Kier alpha value is -3.61. The molecule has 0 aliphatic heterocycles. The number of aromatic nitrogens is 2. The molecule has 156 valence electrons. The van der Waals surface area contributed by atoms with Gasteiger partial charge in [0.05, 0.1) is 18.0 Å². The molecule has 1 heterocycles. The number of ether oxygens (including phenoxy) is 2. The number of benzene rings is 2. The molecule has 1 amide bonds. The highest BCUT2D eigenvalue weighted by Crippen LogP contribution is 2.26. The van der Waals surface area contributed by atoms with Gasteiger partial charge in [0.25, 0.3) is 5.91 Å². The molecule has 0 aliphatic rings. The first-order chi connectivity index (χ1) is 14.5. The molecule has 1 unspecified atom stereocenters. The Morgan fingerprint density at radius 2 is 1.77 bits per heavy atom. The molecule has 7 nitrogen and oxygen atoms in total. The van der Waals surface area contributed by atoms with Gasteiger partial charge in [-0.15, -0.1) is 0 Å². The second-order valence-electron chi connectivity index (χ2n) is 6.78. The first-order valence-electron chi connectivity index (χ1n) is 9.76. The molecule has 1 atom stereocenters. The Morgan fingerprint density at radius 1 is 1.07 bits per heavy atom. The van der Waals surface area contributed by atoms with Crippen molar-refractivity contribution < 1.29 is 19.1 Å². The Bertz CT molecular complexity index is 1010. The smallest absolute Gasteiger partial charge is 0.328 e. The fourth-order valence-electron chi connectivity index (χ4n) is 3.08. The number of amides is 1. The van der Waals surface area contributed by atoms with Gasteiger partial charge >= 0.3 is 5.97 Å². The minimum atomic E-state index is -1.11. The van der Waals surface area contributed by atoms with E-state index in [2.05, 4.69) is 10.4 Å². The fourth-order valence-corrected chi connectivity index (χ4v) is 3.08. The van der Waals surface area contributed by atoms with Crippen LogP contribution in [0, 0.1) is 13.8 Å². The molecule has 0 bridgehead atoms. The van der Waals surface area contributed by atoms with Crippen LogP contribution in [-0.2, 0) is 20.9 Å². The van der Waals surface area contributed by atoms with Crippen molar-refractivity contribution in [3.05, 3.63) is 77.6 Å². The highest BCUT2D eigenvalue weighted by molar-refractivity contribution is 5.97. The standard InChI is InChI=1S/C23H25N3O4/c1-4-29-20-13-9-8-12-19(20)24-23(28)22(18-10-6-5-7-11-18)30-21(27)15-26-17(3)14-16(2)25-26/h5-14,22H,4,15H2,1-3H3,(H,24,28). The van der Waals surface area contributed by atoms with Gasteiger partial charge in [0.15, 0.2) is 0 Å². The normalized spacial score (nSPS) is 11.6. The Balaban J connectivity index is 1.80. The van der Waals surface area contributed by atoms with Crippen LogP contribution in [0.4, 0.5) is 5.69 Å². The molecule has 0 fully saturated rings. The Labute approximate surface area is 175 Å². The number of hydrogen-bond donors (Lipinski definition) is 1. The Morgan fingerprint density at radius 3 is 2.43 bits per heavy atom. The van der Waals surface area contributed by atoms with Crippen LogP contribution >= 0.6 is 0 Å². The van der Waals surface area contributed by atoms with Gasteiger partial charge in [0.1, 0.15) is 12.3 Å². The lowest BCUT2D eigenvalue weighted by Crippen LogP contribution is -2.28. The van der Waals surface area contributed by atoms with Gasteiger partial charge in [-0.3, -0.25) is 14.3 Å². The summed E-state index contributed by atoms with van der Waals surface area (Å²) in [7, 11) is 0. The van der Waals surface area contributed by atoms with Crippen LogP contribution in [-0.4, -0.2) is 28.3 Å². The average molecular weight is 407 g/mol. The van der Waals surface area contributed by atoms with Gasteiger partial charge in [0.2, 0.25) is 6.10 Å². The van der Waals surface area contributed by atoms with Crippen molar-refractivity contribution in [2.45, 2.75) is 33.4 Å². The molecule has 0 spiro atoms. The zero-order valence-corrected chi connectivity index (χ0v) is 17.3. The molecule has 2 aromatic carbocycles. The summed E-state index contributed by atoms with van der Waals surface area (Å²) >= 11 is 0. The van der Waals surface area contributed by atoms with Gasteiger partial charge in [0, 0.05) is 11.3 Å². The maximum atomic E-state index is 13.1. The second-order valence-corrected chi connectivity index (χ2v) is 6.78. The maximum absolute atomic E-state index is 13.1. The summed E-state index contributed by atoms with van der Waals surface area (Å²) in [5.41, 5.74) is 2.74. The summed E-state index contributed by atoms with van der Waals surface area (Å²) in [6.45, 7) is 5.97. The van der Waals surface area contributed by atoms with Gasteiger partial charge in [-0.25, -0.2) is 0 Å². The van der Waals surface area contributed by atoms with Gasteiger partial charge in [-0.05, 0) is 39.0 Å². The number of aryl methyl sites for hydroxylation is 2. The van der Waals surface area contributed by atoms with Crippen molar-refractivity contribution in [1.82, 2.24) is 9.78 Å². The number of rotatable bonds is 8. The van der Waals surface area contributed by atoms with E-state index in [1.807, 2.05) is 39.0 Å². The number of anilines is 1. The first kappa shape index (κ1) is 21.1. The van der Waals surface area contributed by atoms with Crippen molar-refractivity contribution in [3.8, 4) is 5.75 Å². The lowest BCUT2D eigenvalue weighted by molar-refractivity contribution is -0.155.